The first-order valence-electron chi connectivity index (χ1n) is 7.58. The molecule has 3 nitrogen and oxygen atoms in total. The minimum absolute atomic E-state index is 0.0172. The van der Waals surface area contributed by atoms with Crippen molar-refractivity contribution in [2.24, 2.45) is 0 Å². The summed E-state index contributed by atoms with van der Waals surface area (Å²) in [6.45, 7) is 4.87. The molecule has 112 valence electrons. The fraction of sp³-hybridized carbons (Fsp3) is 0.471. The number of piperidine rings is 1. The Kier molecular flexibility index (Phi) is 3.82. The Hall–Kier alpha value is -1.29. The average molecular weight is 350 g/mol. The summed E-state index contributed by atoms with van der Waals surface area (Å²) in [5, 5.41) is 10.6. The molecule has 0 aromatic heterocycles. The molecule has 4 heteroatoms. The highest BCUT2D eigenvalue weighted by atomic mass is 79.9. The number of benzene rings is 1. The highest BCUT2D eigenvalue weighted by Gasteiger charge is 2.42. The van der Waals surface area contributed by atoms with Crippen molar-refractivity contribution in [3.63, 3.8) is 0 Å². The van der Waals surface area contributed by atoms with Crippen LogP contribution in [0.4, 0.5) is 0 Å². The second kappa shape index (κ2) is 5.48. The highest BCUT2D eigenvalue weighted by Crippen LogP contribution is 2.40. The molecular weight excluding hydrogens is 330 g/mol. The van der Waals surface area contributed by atoms with Gasteiger partial charge in [0.25, 0.3) is 5.91 Å². The maximum absolute atomic E-state index is 12.7. The smallest absolute Gasteiger partial charge is 0.258 e. The van der Waals surface area contributed by atoms with Gasteiger partial charge in [-0.15, -0.1) is 0 Å². The second-order valence-corrected chi connectivity index (χ2v) is 6.76. The molecule has 1 unspecified atom stereocenters. The van der Waals surface area contributed by atoms with Crippen LogP contribution >= 0.6 is 15.9 Å². The van der Waals surface area contributed by atoms with Crippen LogP contribution in [-0.4, -0.2) is 28.5 Å². The van der Waals surface area contributed by atoms with Gasteiger partial charge in [0.1, 0.15) is 5.76 Å². The molecule has 0 radical (unpaired) electrons. The van der Waals surface area contributed by atoms with Crippen LogP contribution in [0.2, 0.25) is 0 Å². The van der Waals surface area contributed by atoms with E-state index in [1.165, 1.54) is 0 Å². The molecule has 1 amide bonds. The van der Waals surface area contributed by atoms with Crippen LogP contribution in [-0.2, 0) is 11.2 Å². The molecule has 0 aliphatic carbocycles. The normalized spacial score (nSPS) is 22.0. The van der Waals surface area contributed by atoms with Gasteiger partial charge in [0.15, 0.2) is 0 Å². The molecule has 2 aliphatic heterocycles. The number of hydrogen-bond acceptors (Lipinski definition) is 2. The predicted molar refractivity (Wildman–Crippen MR) is 87.2 cm³/mol. The molecule has 3 rings (SSSR count). The van der Waals surface area contributed by atoms with Crippen LogP contribution in [0, 0.1) is 6.92 Å². The van der Waals surface area contributed by atoms with Gasteiger partial charge < -0.3 is 10.0 Å². The van der Waals surface area contributed by atoms with Crippen LogP contribution in [0.25, 0.3) is 5.57 Å². The number of carbonyl (C=O) groups excluding carboxylic acids is 1. The number of hydrogen-bond donors (Lipinski definition) is 1. The number of fused-ring (bicyclic) bond motifs is 1. The third-order valence-corrected chi connectivity index (χ3v) is 5.12. The first kappa shape index (κ1) is 14.6. The van der Waals surface area contributed by atoms with E-state index in [0.717, 1.165) is 53.4 Å². The summed E-state index contributed by atoms with van der Waals surface area (Å²) in [5.41, 5.74) is 3.65. The topological polar surface area (TPSA) is 40.5 Å². The van der Waals surface area contributed by atoms with Gasteiger partial charge in [-0.25, -0.2) is 0 Å². The zero-order valence-corrected chi connectivity index (χ0v) is 14.0. The van der Waals surface area contributed by atoms with Crippen molar-refractivity contribution in [3.05, 3.63) is 39.1 Å². The van der Waals surface area contributed by atoms with E-state index in [4.69, 9.17) is 0 Å². The van der Waals surface area contributed by atoms with Gasteiger partial charge in [0.05, 0.1) is 11.6 Å². The lowest BCUT2D eigenvalue weighted by Crippen LogP contribution is -2.39. The SMILES string of the molecule is CCc1cc(C)cc(Br)c1C1=C(O)C2CCCCN2C1=O. The number of carbonyl (C=O) groups is 1. The maximum atomic E-state index is 12.7. The Morgan fingerprint density at radius 2 is 2.14 bits per heavy atom. The maximum Gasteiger partial charge on any atom is 0.258 e. The summed E-state index contributed by atoms with van der Waals surface area (Å²) >= 11 is 3.59. The first-order valence-corrected chi connectivity index (χ1v) is 8.37. The number of amides is 1. The average Bonchev–Trinajstić information content (AvgIpc) is 2.71. The van der Waals surface area contributed by atoms with E-state index in [-0.39, 0.29) is 17.7 Å². The molecule has 21 heavy (non-hydrogen) atoms. The molecule has 0 saturated carbocycles. The minimum Gasteiger partial charge on any atom is -0.509 e. The van der Waals surface area contributed by atoms with E-state index in [1.807, 2.05) is 17.9 Å². The largest absolute Gasteiger partial charge is 0.509 e. The number of aryl methyl sites for hydroxylation is 2. The van der Waals surface area contributed by atoms with E-state index in [2.05, 4.69) is 28.9 Å². The summed E-state index contributed by atoms with van der Waals surface area (Å²) in [6.07, 6.45) is 3.80. The van der Waals surface area contributed by atoms with Crippen molar-refractivity contribution in [3.8, 4) is 0 Å². The zero-order chi connectivity index (χ0) is 15.1. The minimum atomic E-state index is -0.112. The van der Waals surface area contributed by atoms with Crippen molar-refractivity contribution in [1.82, 2.24) is 4.90 Å². The van der Waals surface area contributed by atoms with Crippen molar-refractivity contribution in [2.45, 2.75) is 45.6 Å². The molecule has 0 bridgehead atoms. The van der Waals surface area contributed by atoms with Crippen molar-refractivity contribution < 1.29 is 9.90 Å². The van der Waals surface area contributed by atoms with E-state index in [0.29, 0.717) is 5.57 Å². The zero-order valence-electron chi connectivity index (χ0n) is 12.4. The molecule has 1 N–H and O–H groups in total. The lowest BCUT2D eigenvalue weighted by atomic mass is 9.95. The van der Waals surface area contributed by atoms with Gasteiger partial charge in [-0.1, -0.05) is 28.9 Å². The number of nitrogens with zero attached hydrogens (tertiary/aromatic N) is 1. The van der Waals surface area contributed by atoms with Crippen LogP contribution < -0.4 is 0 Å². The van der Waals surface area contributed by atoms with Gasteiger partial charge in [-0.2, -0.15) is 0 Å². The highest BCUT2D eigenvalue weighted by molar-refractivity contribution is 9.10. The predicted octanol–water partition coefficient (Wildman–Crippen LogP) is 3.98. The van der Waals surface area contributed by atoms with Crippen LogP contribution in [0.5, 0.6) is 0 Å². The number of aliphatic hydroxyl groups is 1. The second-order valence-electron chi connectivity index (χ2n) is 5.90. The van der Waals surface area contributed by atoms with Crippen LogP contribution in [0.3, 0.4) is 0 Å². The van der Waals surface area contributed by atoms with Crippen LogP contribution in [0.15, 0.2) is 22.4 Å². The quantitative estimate of drug-likeness (QED) is 0.876. The summed E-state index contributed by atoms with van der Waals surface area (Å²) in [5.74, 6) is 0.246. The number of rotatable bonds is 2. The molecule has 1 atom stereocenters. The Balaban J connectivity index is 2.16. The van der Waals surface area contributed by atoms with Gasteiger partial charge >= 0.3 is 0 Å². The Morgan fingerprint density at radius 3 is 2.81 bits per heavy atom. The third kappa shape index (κ3) is 2.30. The van der Waals surface area contributed by atoms with Crippen LogP contribution in [0.1, 0.15) is 42.9 Å². The summed E-state index contributed by atoms with van der Waals surface area (Å²) in [6, 6.07) is 4.00. The van der Waals surface area contributed by atoms with E-state index >= 15 is 0 Å². The molecule has 2 heterocycles. The number of aliphatic hydroxyl groups excluding tert-OH is 1. The fourth-order valence-corrected chi connectivity index (χ4v) is 4.30. The van der Waals surface area contributed by atoms with Gasteiger partial charge in [-0.05, 0) is 49.8 Å². The molecule has 1 aromatic rings. The van der Waals surface area contributed by atoms with Crippen molar-refractivity contribution in [2.75, 3.05) is 6.54 Å². The summed E-state index contributed by atoms with van der Waals surface area (Å²) in [4.78, 5) is 14.6. The molecule has 0 spiro atoms. The lowest BCUT2D eigenvalue weighted by Gasteiger charge is -2.29. The Bertz CT molecular complexity index is 636. The first-order chi connectivity index (χ1) is 10.0. The molecule has 2 aliphatic rings. The Labute approximate surface area is 133 Å². The monoisotopic (exact) mass is 349 g/mol. The van der Waals surface area contributed by atoms with E-state index in [1.54, 1.807) is 0 Å². The molecule has 1 saturated heterocycles. The van der Waals surface area contributed by atoms with Crippen molar-refractivity contribution >= 4 is 27.4 Å². The van der Waals surface area contributed by atoms with Gasteiger partial charge in [0.2, 0.25) is 0 Å². The van der Waals surface area contributed by atoms with Gasteiger partial charge in [0, 0.05) is 16.6 Å². The van der Waals surface area contributed by atoms with E-state index < -0.39 is 0 Å². The Morgan fingerprint density at radius 1 is 1.38 bits per heavy atom. The summed E-state index contributed by atoms with van der Waals surface area (Å²) < 4.78 is 0.897. The number of halogens is 1. The summed E-state index contributed by atoms with van der Waals surface area (Å²) in [7, 11) is 0. The molecular formula is C17H20BrNO2. The molecule has 1 aromatic carbocycles. The fourth-order valence-electron chi connectivity index (χ4n) is 3.49. The van der Waals surface area contributed by atoms with Gasteiger partial charge in [-0.3, -0.25) is 4.79 Å². The standard InChI is InChI=1S/C17H20BrNO2/c1-3-11-8-10(2)9-12(18)14(11)15-16(20)13-6-4-5-7-19(13)17(15)21/h8-9,13,20H,3-7H2,1-2H3. The van der Waals surface area contributed by atoms with Crippen molar-refractivity contribution in [1.29, 1.82) is 0 Å². The third-order valence-electron chi connectivity index (χ3n) is 4.50. The molecule has 1 fully saturated rings. The van der Waals surface area contributed by atoms with E-state index in [9.17, 15) is 9.90 Å². The lowest BCUT2D eigenvalue weighted by molar-refractivity contribution is -0.126.